The highest BCUT2D eigenvalue weighted by Crippen LogP contribution is 2.38. The van der Waals surface area contributed by atoms with Gasteiger partial charge in [-0.15, -0.1) is 24.0 Å². The van der Waals surface area contributed by atoms with E-state index < -0.39 is 0 Å². The van der Waals surface area contributed by atoms with Crippen LogP contribution in [0.2, 0.25) is 0 Å². The van der Waals surface area contributed by atoms with E-state index in [0.717, 1.165) is 50.8 Å². The lowest BCUT2D eigenvalue weighted by atomic mass is 10.1. The van der Waals surface area contributed by atoms with Gasteiger partial charge in [0.2, 0.25) is 5.75 Å². The van der Waals surface area contributed by atoms with Gasteiger partial charge < -0.3 is 24.4 Å². The third-order valence-electron chi connectivity index (χ3n) is 5.33. The molecular weight excluding hydrogens is 495 g/mol. The molecule has 0 bridgehead atoms. The second-order valence-corrected chi connectivity index (χ2v) is 7.33. The van der Waals surface area contributed by atoms with Crippen molar-refractivity contribution >= 4 is 29.9 Å². The Morgan fingerprint density at radius 3 is 2.10 bits per heavy atom. The summed E-state index contributed by atoms with van der Waals surface area (Å²) in [6, 6.07) is 4.06. The molecule has 1 aromatic rings. The molecule has 7 nitrogen and oxygen atoms in total. The number of guanidine groups is 1. The molecule has 0 saturated carbocycles. The molecule has 2 rings (SSSR count). The number of rotatable bonds is 10. The predicted octanol–water partition coefficient (Wildman–Crippen LogP) is 3.60. The lowest BCUT2D eigenvalue weighted by Crippen LogP contribution is -2.52. The minimum Gasteiger partial charge on any atom is -0.493 e. The summed E-state index contributed by atoms with van der Waals surface area (Å²) in [5.41, 5.74) is 1.16. The zero-order valence-corrected chi connectivity index (χ0v) is 21.5. The average molecular weight is 534 g/mol. The molecule has 1 aliphatic heterocycles. The number of hydrogen-bond donors (Lipinski definition) is 1. The Labute approximate surface area is 199 Å². The van der Waals surface area contributed by atoms with Gasteiger partial charge >= 0.3 is 0 Å². The molecule has 0 aliphatic carbocycles. The molecule has 1 saturated heterocycles. The second kappa shape index (κ2) is 14.6. The molecule has 8 heteroatoms. The zero-order valence-electron chi connectivity index (χ0n) is 19.2. The lowest BCUT2D eigenvalue weighted by molar-refractivity contribution is 0.172. The van der Waals surface area contributed by atoms with Crippen LogP contribution in [0.25, 0.3) is 0 Å². The second-order valence-electron chi connectivity index (χ2n) is 7.33. The largest absolute Gasteiger partial charge is 0.493 e. The minimum atomic E-state index is 0. The van der Waals surface area contributed by atoms with Crippen molar-refractivity contribution in [3.8, 4) is 17.2 Å². The fourth-order valence-electron chi connectivity index (χ4n) is 3.69. The summed E-state index contributed by atoms with van der Waals surface area (Å²) >= 11 is 0. The van der Waals surface area contributed by atoms with Crippen molar-refractivity contribution in [3.05, 3.63) is 17.7 Å². The van der Waals surface area contributed by atoms with Crippen molar-refractivity contribution < 1.29 is 14.2 Å². The van der Waals surface area contributed by atoms with Gasteiger partial charge in [-0.1, -0.05) is 26.2 Å². The Balaban J connectivity index is 0.00000450. The van der Waals surface area contributed by atoms with Crippen molar-refractivity contribution in [1.82, 2.24) is 15.1 Å². The van der Waals surface area contributed by atoms with Crippen LogP contribution in [0.1, 0.15) is 38.2 Å². The summed E-state index contributed by atoms with van der Waals surface area (Å²) < 4.78 is 16.4. The van der Waals surface area contributed by atoms with Crippen LogP contribution >= 0.6 is 24.0 Å². The van der Waals surface area contributed by atoms with E-state index in [0.29, 0.717) is 17.2 Å². The molecular formula is C22H39IN4O3. The number of piperazine rings is 1. The van der Waals surface area contributed by atoms with Gasteiger partial charge in [-0.05, 0) is 24.1 Å². The quantitative estimate of drug-likeness (QED) is 0.214. The summed E-state index contributed by atoms with van der Waals surface area (Å²) in [6.45, 7) is 8.02. The Hall–Kier alpha value is -1.42. The van der Waals surface area contributed by atoms with E-state index in [9.17, 15) is 0 Å². The van der Waals surface area contributed by atoms with E-state index in [1.54, 1.807) is 21.3 Å². The molecule has 30 heavy (non-hydrogen) atoms. The maximum absolute atomic E-state index is 5.48. The fraction of sp³-hybridized carbons (Fsp3) is 0.682. The van der Waals surface area contributed by atoms with E-state index in [1.165, 1.54) is 25.7 Å². The molecule has 0 radical (unpaired) electrons. The number of ether oxygens (including phenoxy) is 3. The molecule has 0 amide bonds. The van der Waals surface area contributed by atoms with E-state index in [4.69, 9.17) is 14.2 Å². The Kier molecular flexibility index (Phi) is 12.9. The molecule has 0 aromatic heterocycles. The topological polar surface area (TPSA) is 58.6 Å². The number of nitrogens with zero attached hydrogens (tertiary/aromatic N) is 3. The summed E-state index contributed by atoms with van der Waals surface area (Å²) in [5, 5.41) is 3.52. The fourth-order valence-corrected chi connectivity index (χ4v) is 3.69. The van der Waals surface area contributed by atoms with Crippen LogP contribution in [0.4, 0.5) is 0 Å². The number of unbranched alkanes of at least 4 members (excludes halogenated alkanes) is 3. The van der Waals surface area contributed by atoms with Gasteiger partial charge in [0, 0.05) is 46.3 Å². The first-order valence-corrected chi connectivity index (χ1v) is 10.6. The average Bonchev–Trinajstić information content (AvgIpc) is 2.76. The van der Waals surface area contributed by atoms with Gasteiger partial charge in [0.25, 0.3) is 0 Å². The van der Waals surface area contributed by atoms with Gasteiger partial charge in [-0.25, -0.2) is 0 Å². The van der Waals surface area contributed by atoms with Gasteiger partial charge in [-0.3, -0.25) is 9.89 Å². The molecule has 1 aliphatic rings. The Morgan fingerprint density at radius 2 is 1.60 bits per heavy atom. The van der Waals surface area contributed by atoms with Crippen LogP contribution in [0, 0.1) is 0 Å². The summed E-state index contributed by atoms with van der Waals surface area (Å²) in [5.74, 6) is 3.06. The number of hydrogen-bond acceptors (Lipinski definition) is 5. The maximum atomic E-state index is 5.48. The molecule has 0 spiro atoms. The van der Waals surface area contributed by atoms with Crippen molar-refractivity contribution in [2.24, 2.45) is 4.99 Å². The molecule has 1 aromatic carbocycles. The van der Waals surface area contributed by atoms with E-state index >= 15 is 0 Å². The first kappa shape index (κ1) is 26.6. The van der Waals surface area contributed by atoms with Crippen molar-refractivity contribution in [1.29, 1.82) is 0 Å². The van der Waals surface area contributed by atoms with Gasteiger partial charge in [-0.2, -0.15) is 0 Å². The summed E-state index contributed by atoms with van der Waals surface area (Å²) in [7, 11) is 6.81. The highest BCUT2D eigenvalue weighted by Gasteiger charge is 2.21. The number of aliphatic imine (C=N–C) groups is 1. The van der Waals surface area contributed by atoms with Crippen LogP contribution in [-0.2, 0) is 6.54 Å². The number of methoxy groups -OCH3 is 3. The zero-order chi connectivity index (χ0) is 21.1. The highest BCUT2D eigenvalue weighted by atomic mass is 127. The van der Waals surface area contributed by atoms with Gasteiger partial charge in [0.1, 0.15) is 0 Å². The molecule has 0 atom stereocenters. The maximum Gasteiger partial charge on any atom is 0.203 e. The lowest BCUT2D eigenvalue weighted by Gasteiger charge is -2.36. The number of benzene rings is 1. The third-order valence-corrected chi connectivity index (χ3v) is 5.33. The first-order valence-electron chi connectivity index (χ1n) is 10.6. The predicted molar refractivity (Wildman–Crippen MR) is 134 cm³/mol. The van der Waals surface area contributed by atoms with Gasteiger partial charge in [0.15, 0.2) is 17.5 Å². The van der Waals surface area contributed by atoms with E-state index in [-0.39, 0.29) is 24.0 Å². The monoisotopic (exact) mass is 534 g/mol. The number of nitrogens with one attached hydrogen (secondary N) is 1. The van der Waals surface area contributed by atoms with E-state index in [1.807, 2.05) is 19.2 Å². The van der Waals surface area contributed by atoms with Crippen LogP contribution in [0.15, 0.2) is 17.1 Å². The van der Waals surface area contributed by atoms with Crippen LogP contribution in [-0.4, -0.2) is 76.9 Å². The molecule has 1 heterocycles. The molecule has 1 N–H and O–H groups in total. The summed E-state index contributed by atoms with van der Waals surface area (Å²) in [4.78, 5) is 9.27. The summed E-state index contributed by atoms with van der Waals surface area (Å²) in [6.07, 6.45) is 5.06. The van der Waals surface area contributed by atoms with Crippen molar-refractivity contribution in [2.45, 2.75) is 39.2 Å². The Bertz CT molecular complexity index is 624. The highest BCUT2D eigenvalue weighted by molar-refractivity contribution is 14.0. The van der Waals surface area contributed by atoms with Gasteiger partial charge in [0.05, 0.1) is 21.3 Å². The van der Waals surface area contributed by atoms with E-state index in [2.05, 4.69) is 27.0 Å². The van der Waals surface area contributed by atoms with Crippen LogP contribution < -0.4 is 19.5 Å². The number of halogens is 1. The SMILES string of the molecule is CCCCCCNC(=NC)N1CCN(Cc2cc(OC)c(OC)c(OC)c2)CC1.I. The van der Waals surface area contributed by atoms with Crippen molar-refractivity contribution in [3.63, 3.8) is 0 Å². The standard InChI is InChI=1S/C22H38N4O3.HI/c1-6-7-8-9-10-24-22(23-2)26-13-11-25(12-14-26)17-18-15-19(27-3)21(29-5)20(16-18)28-4;/h15-16H,6-14,17H2,1-5H3,(H,23,24);1H. The Morgan fingerprint density at radius 1 is 0.967 bits per heavy atom. The third kappa shape index (κ3) is 7.68. The smallest absolute Gasteiger partial charge is 0.203 e. The molecule has 1 fully saturated rings. The van der Waals surface area contributed by atoms with Crippen molar-refractivity contribution in [2.75, 3.05) is 61.1 Å². The molecule has 172 valence electrons. The van der Waals surface area contributed by atoms with Crippen LogP contribution in [0.5, 0.6) is 17.2 Å². The minimum absolute atomic E-state index is 0. The first-order chi connectivity index (χ1) is 14.2. The van der Waals surface area contributed by atoms with Crippen LogP contribution in [0.3, 0.4) is 0 Å². The normalized spacial score (nSPS) is 14.8. The molecule has 0 unspecified atom stereocenters.